The van der Waals surface area contributed by atoms with Crippen molar-refractivity contribution in [3.63, 3.8) is 0 Å². The smallest absolute Gasteiger partial charge is 0.239 e. The molecule has 2 aromatic rings. The Morgan fingerprint density at radius 2 is 1.90 bits per heavy atom. The highest BCUT2D eigenvalue weighted by Gasteiger charge is 2.05. The van der Waals surface area contributed by atoms with Crippen LogP contribution in [0.5, 0.6) is 0 Å². The molecule has 0 saturated carbocycles. The van der Waals surface area contributed by atoms with Crippen molar-refractivity contribution < 1.29 is 8.78 Å². The molecule has 0 spiro atoms. The summed E-state index contributed by atoms with van der Waals surface area (Å²) in [4.78, 5) is 7.85. The van der Waals surface area contributed by atoms with Gasteiger partial charge in [0.05, 0.1) is 6.20 Å². The van der Waals surface area contributed by atoms with Gasteiger partial charge in [-0.3, -0.25) is 5.43 Å². The lowest BCUT2D eigenvalue weighted by atomic mass is 10.1. The Balaban J connectivity index is 1.99. The van der Waals surface area contributed by atoms with E-state index in [0.29, 0.717) is 29.4 Å². The first-order valence-electron chi connectivity index (χ1n) is 5.76. The van der Waals surface area contributed by atoms with E-state index >= 15 is 0 Å². The summed E-state index contributed by atoms with van der Waals surface area (Å²) in [5.41, 5.74) is 2.84. The van der Waals surface area contributed by atoms with Crippen molar-refractivity contribution in [1.82, 2.24) is 9.97 Å². The van der Waals surface area contributed by atoms with Crippen molar-refractivity contribution in [2.45, 2.75) is 6.42 Å². The van der Waals surface area contributed by atoms with Gasteiger partial charge in [-0.15, -0.1) is 0 Å². The highest BCUT2D eigenvalue weighted by atomic mass is 35.5. The molecule has 20 heavy (non-hydrogen) atoms. The molecule has 0 atom stereocenters. The first-order chi connectivity index (χ1) is 9.58. The van der Waals surface area contributed by atoms with Gasteiger partial charge in [0.25, 0.3) is 0 Å². The van der Waals surface area contributed by atoms with Gasteiger partial charge < -0.3 is 5.32 Å². The third-order valence-electron chi connectivity index (χ3n) is 2.50. The van der Waals surface area contributed by atoms with Crippen molar-refractivity contribution in [3.05, 3.63) is 46.6 Å². The lowest BCUT2D eigenvalue weighted by Crippen LogP contribution is -2.13. The number of nitrogens with zero attached hydrogens (tertiary/aromatic N) is 2. The Hall–Kier alpha value is -1.99. The van der Waals surface area contributed by atoms with Gasteiger partial charge >= 0.3 is 0 Å². The molecule has 0 aliphatic heterocycles. The maximum absolute atomic E-state index is 13.0. The summed E-state index contributed by atoms with van der Waals surface area (Å²) >= 11 is 5.91. The first-order valence-corrected chi connectivity index (χ1v) is 6.14. The van der Waals surface area contributed by atoms with E-state index in [2.05, 4.69) is 20.7 Å². The second-order valence-corrected chi connectivity index (χ2v) is 4.40. The quantitative estimate of drug-likeness (QED) is 0.583. The normalized spacial score (nSPS) is 10.4. The molecule has 0 bridgehead atoms. The van der Waals surface area contributed by atoms with Crippen molar-refractivity contribution in [3.8, 4) is 0 Å². The molecular formula is C12H12ClF2N5. The molecule has 0 unspecified atom stereocenters. The minimum absolute atomic E-state index is 0.216. The van der Waals surface area contributed by atoms with Crippen LogP contribution in [0.3, 0.4) is 0 Å². The van der Waals surface area contributed by atoms with Gasteiger partial charge in [-0.1, -0.05) is 11.6 Å². The van der Waals surface area contributed by atoms with Gasteiger partial charge in [-0.05, 0) is 24.1 Å². The monoisotopic (exact) mass is 299 g/mol. The zero-order valence-corrected chi connectivity index (χ0v) is 11.1. The Kier molecular flexibility index (Phi) is 4.65. The van der Waals surface area contributed by atoms with E-state index in [4.69, 9.17) is 17.4 Å². The number of halogens is 3. The molecule has 106 valence electrons. The molecule has 0 aliphatic carbocycles. The van der Waals surface area contributed by atoms with Crippen molar-refractivity contribution in [2.24, 2.45) is 5.84 Å². The number of hydrogen-bond acceptors (Lipinski definition) is 5. The zero-order valence-electron chi connectivity index (χ0n) is 10.3. The number of benzene rings is 1. The van der Waals surface area contributed by atoms with Gasteiger partial charge in [0.1, 0.15) is 16.7 Å². The van der Waals surface area contributed by atoms with Crippen LogP contribution in [0.1, 0.15) is 5.56 Å². The summed E-state index contributed by atoms with van der Waals surface area (Å²) < 4.78 is 26.0. The van der Waals surface area contributed by atoms with Gasteiger partial charge in [0.15, 0.2) is 5.82 Å². The van der Waals surface area contributed by atoms with Gasteiger partial charge in [0.2, 0.25) is 5.95 Å². The molecule has 1 aromatic heterocycles. The molecule has 5 nitrogen and oxygen atoms in total. The molecule has 0 aliphatic rings. The number of rotatable bonds is 5. The highest BCUT2D eigenvalue weighted by Crippen LogP contribution is 2.19. The number of aromatic nitrogens is 2. The van der Waals surface area contributed by atoms with E-state index in [1.807, 2.05) is 0 Å². The Morgan fingerprint density at radius 3 is 2.55 bits per heavy atom. The second-order valence-electron chi connectivity index (χ2n) is 3.99. The Bertz CT molecular complexity index is 588. The van der Waals surface area contributed by atoms with Crippen LogP contribution in [0, 0.1) is 11.6 Å². The second kappa shape index (κ2) is 6.44. The average Bonchev–Trinajstić information content (AvgIpc) is 2.40. The summed E-state index contributed by atoms with van der Waals surface area (Å²) in [6.45, 7) is 0.406. The largest absolute Gasteiger partial charge is 0.368 e. The van der Waals surface area contributed by atoms with Crippen LogP contribution in [-0.2, 0) is 6.42 Å². The lowest BCUT2D eigenvalue weighted by molar-refractivity contribution is 0.580. The fourth-order valence-corrected chi connectivity index (χ4v) is 1.80. The Labute approximate surface area is 119 Å². The topological polar surface area (TPSA) is 75.9 Å². The minimum Gasteiger partial charge on any atom is -0.368 e. The van der Waals surface area contributed by atoms with E-state index in [1.165, 1.54) is 18.3 Å². The number of nitrogens with two attached hydrogens (primary N) is 1. The number of anilines is 2. The SMILES string of the molecule is NNc1ncc(Cl)c(NCCc2cc(F)cc(F)c2)n1. The molecule has 0 radical (unpaired) electrons. The molecular weight excluding hydrogens is 288 g/mol. The summed E-state index contributed by atoms with van der Waals surface area (Å²) in [5.74, 6) is 4.60. The lowest BCUT2D eigenvalue weighted by Gasteiger charge is -2.08. The number of hydrazine groups is 1. The van der Waals surface area contributed by atoms with Gasteiger partial charge in [-0.2, -0.15) is 4.98 Å². The molecule has 1 aromatic carbocycles. The summed E-state index contributed by atoms with van der Waals surface area (Å²) in [6.07, 6.45) is 1.81. The summed E-state index contributed by atoms with van der Waals surface area (Å²) in [5, 5.41) is 3.28. The maximum atomic E-state index is 13.0. The van der Waals surface area contributed by atoms with Crippen molar-refractivity contribution in [1.29, 1.82) is 0 Å². The standard InChI is InChI=1S/C12H12ClF2N5/c13-10-6-18-12(20-16)19-11(10)17-2-1-7-3-8(14)5-9(15)4-7/h3-6H,1-2,16H2,(H2,17,18,19,20). The third-order valence-corrected chi connectivity index (χ3v) is 2.78. The third kappa shape index (κ3) is 3.75. The predicted octanol–water partition coefficient (Wildman–Crippen LogP) is 2.35. The fourth-order valence-electron chi connectivity index (χ4n) is 1.64. The molecule has 0 fully saturated rings. The highest BCUT2D eigenvalue weighted by molar-refractivity contribution is 6.32. The molecule has 0 saturated heterocycles. The van der Waals surface area contributed by atoms with Crippen molar-refractivity contribution in [2.75, 3.05) is 17.3 Å². The van der Waals surface area contributed by atoms with Gasteiger partial charge in [0, 0.05) is 12.6 Å². The number of nitrogen functional groups attached to an aromatic ring is 1. The van der Waals surface area contributed by atoms with Crippen LogP contribution in [0.25, 0.3) is 0 Å². The number of hydrogen-bond donors (Lipinski definition) is 3. The molecule has 0 amide bonds. The van der Waals surface area contributed by atoms with Crippen LogP contribution in [0.2, 0.25) is 5.02 Å². The van der Waals surface area contributed by atoms with Crippen LogP contribution in [-0.4, -0.2) is 16.5 Å². The molecule has 8 heteroatoms. The Morgan fingerprint density at radius 1 is 1.20 bits per heavy atom. The van der Waals surface area contributed by atoms with Crippen LogP contribution in [0.15, 0.2) is 24.4 Å². The van der Waals surface area contributed by atoms with E-state index < -0.39 is 11.6 Å². The van der Waals surface area contributed by atoms with Crippen LogP contribution in [0.4, 0.5) is 20.5 Å². The van der Waals surface area contributed by atoms with Gasteiger partial charge in [-0.25, -0.2) is 19.6 Å². The predicted molar refractivity (Wildman–Crippen MR) is 73.4 cm³/mol. The van der Waals surface area contributed by atoms with E-state index in [1.54, 1.807) is 0 Å². The van der Waals surface area contributed by atoms with Crippen LogP contribution >= 0.6 is 11.6 Å². The molecule has 4 N–H and O–H groups in total. The van der Waals surface area contributed by atoms with E-state index in [0.717, 1.165) is 6.07 Å². The van der Waals surface area contributed by atoms with Crippen molar-refractivity contribution >= 4 is 23.4 Å². The van der Waals surface area contributed by atoms with E-state index in [-0.39, 0.29) is 5.95 Å². The molecule has 2 rings (SSSR count). The molecule has 1 heterocycles. The average molecular weight is 300 g/mol. The summed E-state index contributed by atoms with van der Waals surface area (Å²) in [6, 6.07) is 3.38. The summed E-state index contributed by atoms with van der Waals surface area (Å²) in [7, 11) is 0. The van der Waals surface area contributed by atoms with Crippen LogP contribution < -0.4 is 16.6 Å². The minimum atomic E-state index is -0.602. The number of nitrogens with one attached hydrogen (secondary N) is 2. The first kappa shape index (κ1) is 14.4. The zero-order chi connectivity index (χ0) is 14.5. The van der Waals surface area contributed by atoms with E-state index in [9.17, 15) is 8.78 Å². The fraction of sp³-hybridized carbons (Fsp3) is 0.167. The maximum Gasteiger partial charge on any atom is 0.239 e.